The topological polar surface area (TPSA) is 176 Å². The van der Waals surface area contributed by atoms with Crippen LogP contribution in [0.25, 0.3) is 10.9 Å². The summed E-state index contributed by atoms with van der Waals surface area (Å²) in [6, 6.07) is 14.0. The number of H-pyrrole nitrogens is 1. The van der Waals surface area contributed by atoms with Crippen LogP contribution in [0.5, 0.6) is 0 Å². The van der Waals surface area contributed by atoms with Gasteiger partial charge in [0.2, 0.25) is 5.91 Å². The van der Waals surface area contributed by atoms with E-state index >= 15 is 0 Å². The molecule has 0 spiro atoms. The molecule has 0 aliphatic rings. The Morgan fingerprint density at radius 2 is 1.68 bits per heavy atom. The Hall–Kier alpha value is -4.34. The average molecular weight is 465 g/mol. The number of aromatic amines is 1. The van der Waals surface area contributed by atoms with E-state index in [1.165, 1.54) is 0 Å². The molecule has 10 heteroatoms. The van der Waals surface area contributed by atoms with Gasteiger partial charge in [0.15, 0.2) is 5.96 Å². The summed E-state index contributed by atoms with van der Waals surface area (Å²) in [5, 5.41) is 15.8. The number of benzene rings is 2. The molecule has 34 heavy (non-hydrogen) atoms. The van der Waals surface area contributed by atoms with Crippen LogP contribution in [0.2, 0.25) is 0 Å². The smallest absolute Gasteiger partial charge is 0.326 e. The van der Waals surface area contributed by atoms with Crippen LogP contribution in [0.3, 0.4) is 0 Å². The monoisotopic (exact) mass is 464 g/mol. The van der Waals surface area contributed by atoms with Crippen molar-refractivity contribution in [2.24, 2.45) is 16.5 Å². The minimum atomic E-state index is -1.18. The molecule has 0 saturated heterocycles. The third-order valence-electron chi connectivity index (χ3n) is 5.32. The normalized spacial score (nSPS) is 12.5. The number of fused-ring (bicyclic) bond motifs is 1. The molecular formula is C24H28N6O4. The molecule has 2 atom stereocenters. The molecule has 0 bridgehead atoms. The second-order valence-electron chi connectivity index (χ2n) is 7.80. The number of nitrogens with zero attached hydrogens (tertiary/aromatic N) is 1. The van der Waals surface area contributed by atoms with Crippen LogP contribution in [0.1, 0.15) is 28.8 Å². The molecule has 2 unspecified atom stereocenters. The van der Waals surface area contributed by atoms with E-state index < -0.39 is 29.9 Å². The third-order valence-corrected chi connectivity index (χ3v) is 5.32. The van der Waals surface area contributed by atoms with Crippen LogP contribution in [-0.4, -0.2) is 52.5 Å². The SMILES string of the molecule is NC(N)=NCCCC(NC(=O)C(Cc1c[nH]c2ccccc12)NC(=O)c1ccccc1)C(=O)O. The number of nitrogens with two attached hydrogens (primary N) is 2. The fraction of sp³-hybridized carbons (Fsp3) is 0.250. The van der Waals surface area contributed by atoms with Gasteiger partial charge >= 0.3 is 5.97 Å². The van der Waals surface area contributed by atoms with Crippen molar-refractivity contribution in [2.75, 3.05) is 6.54 Å². The Morgan fingerprint density at radius 1 is 0.971 bits per heavy atom. The number of hydrogen-bond acceptors (Lipinski definition) is 4. The van der Waals surface area contributed by atoms with Gasteiger partial charge in [-0.2, -0.15) is 0 Å². The van der Waals surface area contributed by atoms with Gasteiger partial charge in [0.25, 0.3) is 5.91 Å². The van der Waals surface area contributed by atoms with Gasteiger partial charge in [0, 0.05) is 35.6 Å². The maximum Gasteiger partial charge on any atom is 0.326 e. The lowest BCUT2D eigenvalue weighted by Crippen LogP contribution is -2.52. The predicted molar refractivity (Wildman–Crippen MR) is 129 cm³/mol. The van der Waals surface area contributed by atoms with Crippen molar-refractivity contribution in [1.82, 2.24) is 15.6 Å². The summed E-state index contributed by atoms with van der Waals surface area (Å²) in [6.07, 6.45) is 2.45. The second kappa shape index (κ2) is 11.5. The molecule has 2 amide bonds. The van der Waals surface area contributed by atoms with Gasteiger partial charge in [0.05, 0.1) is 0 Å². The van der Waals surface area contributed by atoms with E-state index in [1.54, 1.807) is 36.5 Å². The predicted octanol–water partition coefficient (Wildman–Crippen LogP) is 1.13. The molecule has 0 saturated carbocycles. The fourth-order valence-corrected chi connectivity index (χ4v) is 3.59. The van der Waals surface area contributed by atoms with Gasteiger partial charge < -0.3 is 32.2 Å². The summed E-state index contributed by atoms with van der Waals surface area (Å²) < 4.78 is 0. The lowest BCUT2D eigenvalue weighted by atomic mass is 10.0. The van der Waals surface area contributed by atoms with Crippen LogP contribution in [0, 0.1) is 0 Å². The third kappa shape index (κ3) is 6.58. The molecule has 178 valence electrons. The van der Waals surface area contributed by atoms with Gasteiger partial charge in [-0.05, 0) is 36.6 Å². The van der Waals surface area contributed by atoms with Crippen LogP contribution in [0.15, 0.2) is 65.8 Å². The molecule has 1 heterocycles. The number of hydrogen-bond donors (Lipinski definition) is 6. The first-order chi connectivity index (χ1) is 16.3. The molecule has 0 aliphatic carbocycles. The summed E-state index contributed by atoms with van der Waals surface area (Å²) in [6.45, 7) is 0.242. The number of carbonyl (C=O) groups excluding carboxylic acids is 2. The van der Waals surface area contributed by atoms with Crippen molar-refractivity contribution in [1.29, 1.82) is 0 Å². The van der Waals surface area contributed by atoms with Crippen molar-refractivity contribution in [3.05, 3.63) is 71.9 Å². The van der Waals surface area contributed by atoms with E-state index in [9.17, 15) is 19.5 Å². The van der Waals surface area contributed by atoms with E-state index in [1.807, 2.05) is 24.3 Å². The van der Waals surface area contributed by atoms with Crippen molar-refractivity contribution in [3.63, 3.8) is 0 Å². The summed E-state index contributed by atoms with van der Waals surface area (Å²) in [4.78, 5) is 44.7. The van der Waals surface area contributed by atoms with Crippen LogP contribution >= 0.6 is 0 Å². The number of nitrogens with one attached hydrogen (secondary N) is 3. The Kier molecular flexibility index (Phi) is 8.22. The number of rotatable bonds is 11. The van der Waals surface area contributed by atoms with Gasteiger partial charge in [0.1, 0.15) is 12.1 Å². The Labute approximate surface area is 196 Å². The van der Waals surface area contributed by atoms with E-state index in [-0.39, 0.29) is 25.3 Å². The summed E-state index contributed by atoms with van der Waals surface area (Å²) in [5.74, 6) is -2.29. The molecular weight excluding hydrogens is 436 g/mol. The van der Waals surface area contributed by atoms with Gasteiger partial charge in [-0.3, -0.25) is 14.6 Å². The lowest BCUT2D eigenvalue weighted by Gasteiger charge is -2.21. The molecule has 2 aromatic carbocycles. The van der Waals surface area contributed by atoms with E-state index in [4.69, 9.17) is 11.5 Å². The highest BCUT2D eigenvalue weighted by atomic mass is 16.4. The lowest BCUT2D eigenvalue weighted by molar-refractivity contribution is -0.142. The minimum Gasteiger partial charge on any atom is -0.480 e. The zero-order valence-corrected chi connectivity index (χ0v) is 18.5. The zero-order valence-electron chi connectivity index (χ0n) is 18.5. The number of para-hydroxylation sites is 1. The molecule has 1 aromatic heterocycles. The maximum absolute atomic E-state index is 13.2. The van der Waals surface area contributed by atoms with E-state index in [0.29, 0.717) is 12.0 Å². The fourth-order valence-electron chi connectivity index (χ4n) is 3.59. The highest BCUT2D eigenvalue weighted by Crippen LogP contribution is 2.19. The Balaban J connectivity index is 1.78. The summed E-state index contributed by atoms with van der Waals surface area (Å²) in [7, 11) is 0. The average Bonchev–Trinajstić information content (AvgIpc) is 3.23. The molecule has 0 radical (unpaired) electrons. The number of guanidine groups is 1. The summed E-state index contributed by atoms with van der Waals surface area (Å²) >= 11 is 0. The van der Waals surface area contributed by atoms with Gasteiger partial charge in [-0.1, -0.05) is 36.4 Å². The van der Waals surface area contributed by atoms with Crippen LogP contribution in [-0.2, 0) is 16.0 Å². The van der Waals surface area contributed by atoms with Gasteiger partial charge in [-0.25, -0.2) is 4.79 Å². The van der Waals surface area contributed by atoms with Crippen LogP contribution in [0.4, 0.5) is 0 Å². The minimum absolute atomic E-state index is 0.0849. The number of amides is 2. The summed E-state index contributed by atoms with van der Waals surface area (Å²) in [5.41, 5.74) is 12.7. The quantitative estimate of drug-likeness (QED) is 0.141. The van der Waals surface area contributed by atoms with E-state index in [2.05, 4.69) is 20.6 Å². The number of carboxylic acids is 1. The Bertz CT molecular complexity index is 1170. The largest absolute Gasteiger partial charge is 0.480 e. The van der Waals surface area contributed by atoms with E-state index in [0.717, 1.165) is 16.5 Å². The van der Waals surface area contributed by atoms with Crippen molar-refractivity contribution in [2.45, 2.75) is 31.3 Å². The number of aliphatic carboxylic acids is 1. The van der Waals surface area contributed by atoms with Crippen LogP contribution < -0.4 is 22.1 Å². The highest BCUT2D eigenvalue weighted by molar-refractivity contribution is 5.98. The standard InChI is InChI=1S/C24H28N6O4/c25-24(26)27-12-6-11-19(23(33)34)29-22(32)20(30-21(31)15-7-2-1-3-8-15)13-16-14-28-18-10-5-4-9-17(16)18/h1-5,7-10,14,19-20,28H,6,11-13H2,(H,29,32)(H,30,31)(H,33,34)(H4,25,26,27). The first-order valence-electron chi connectivity index (χ1n) is 10.8. The molecule has 3 aromatic rings. The number of carboxylic acid groups (broad SMARTS) is 1. The van der Waals surface area contributed by atoms with Gasteiger partial charge in [-0.15, -0.1) is 0 Å². The van der Waals surface area contributed by atoms with Crippen molar-refractivity contribution >= 4 is 34.6 Å². The van der Waals surface area contributed by atoms with Crippen molar-refractivity contribution < 1.29 is 19.5 Å². The number of carbonyl (C=O) groups is 3. The number of aliphatic imine (C=N–C) groups is 1. The molecule has 0 fully saturated rings. The molecule has 8 N–H and O–H groups in total. The zero-order chi connectivity index (χ0) is 24.5. The Morgan fingerprint density at radius 3 is 2.38 bits per heavy atom. The number of aromatic nitrogens is 1. The maximum atomic E-state index is 13.2. The molecule has 3 rings (SSSR count). The highest BCUT2D eigenvalue weighted by Gasteiger charge is 2.27. The molecule has 10 nitrogen and oxygen atoms in total. The first-order valence-corrected chi connectivity index (χ1v) is 10.8. The molecule has 0 aliphatic heterocycles. The van der Waals surface area contributed by atoms with Crippen molar-refractivity contribution in [3.8, 4) is 0 Å². The second-order valence-corrected chi connectivity index (χ2v) is 7.80. The first kappa shape index (κ1) is 24.3.